The van der Waals surface area contributed by atoms with E-state index in [-0.39, 0.29) is 18.6 Å². The SMILES string of the molecule is CCC(C)Oc1cc(C)ccc1CNC(=O)c1coc(CN)c1. The lowest BCUT2D eigenvalue weighted by molar-refractivity contribution is 0.0950. The van der Waals surface area contributed by atoms with Crippen LogP contribution < -0.4 is 15.8 Å². The first-order valence-corrected chi connectivity index (χ1v) is 7.85. The average Bonchev–Trinajstić information content (AvgIpc) is 3.03. The number of carbonyl (C=O) groups is 1. The molecule has 0 saturated carbocycles. The summed E-state index contributed by atoms with van der Waals surface area (Å²) in [6.07, 6.45) is 2.48. The van der Waals surface area contributed by atoms with Gasteiger partial charge in [0.2, 0.25) is 0 Å². The summed E-state index contributed by atoms with van der Waals surface area (Å²) in [6, 6.07) is 7.64. The second-order valence-corrected chi connectivity index (χ2v) is 5.64. The lowest BCUT2D eigenvalue weighted by atomic mass is 10.1. The average molecular weight is 316 g/mol. The molecule has 23 heavy (non-hydrogen) atoms. The van der Waals surface area contributed by atoms with Crippen molar-refractivity contribution in [2.75, 3.05) is 0 Å². The molecular formula is C18H24N2O3. The molecule has 1 heterocycles. The first-order chi connectivity index (χ1) is 11.0. The fraction of sp³-hybridized carbons (Fsp3) is 0.389. The van der Waals surface area contributed by atoms with Gasteiger partial charge < -0.3 is 20.2 Å². The Labute approximate surface area is 136 Å². The zero-order chi connectivity index (χ0) is 16.8. The molecule has 3 N–H and O–H groups in total. The van der Waals surface area contributed by atoms with Crippen molar-refractivity contribution >= 4 is 5.91 Å². The standard InChI is InChI=1S/C18H24N2O3/c1-4-13(3)23-17-7-12(2)5-6-14(17)10-20-18(21)15-8-16(9-19)22-11-15/h5-8,11,13H,4,9-10,19H2,1-3H3,(H,20,21). The highest BCUT2D eigenvalue weighted by atomic mass is 16.5. The Bertz CT molecular complexity index is 664. The van der Waals surface area contributed by atoms with Crippen LogP contribution in [0.1, 0.15) is 47.5 Å². The number of benzene rings is 1. The Morgan fingerprint density at radius 1 is 1.39 bits per heavy atom. The number of aryl methyl sites for hydroxylation is 1. The van der Waals surface area contributed by atoms with Crippen molar-refractivity contribution in [3.05, 3.63) is 53.0 Å². The maximum atomic E-state index is 12.2. The normalized spacial score (nSPS) is 12.0. The van der Waals surface area contributed by atoms with E-state index in [2.05, 4.69) is 12.2 Å². The van der Waals surface area contributed by atoms with Crippen LogP contribution in [-0.4, -0.2) is 12.0 Å². The molecule has 2 aromatic rings. The van der Waals surface area contributed by atoms with Crippen LogP contribution in [0.25, 0.3) is 0 Å². The van der Waals surface area contributed by atoms with Gasteiger partial charge in [-0.05, 0) is 38.0 Å². The molecule has 0 saturated heterocycles. The molecule has 1 unspecified atom stereocenters. The molecule has 0 bridgehead atoms. The summed E-state index contributed by atoms with van der Waals surface area (Å²) < 4.78 is 11.1. The molecule has 0 fully saturated rings. The number of carbonyl (C=O) groups excluding carboxylic acids is 1. The predicted molar refractivity (Wildman–Crippen MR) is 89.3 cm³/mol. The molecule has 1 amide bonds. The lowest BCUT2D eigenvalue weighted by Gasteiger charge is -2.17. The highest BCUT2D eigenvalue weighted by Gasteiger charge is 2.12. The van der Waals surface area contributed by atoms with E-state index >= 15 is 0 Å². The van der Waals surface area contributed by atoms with E-state index in [0.29, 0.717) is 17.9 Å². The first kappa shape index (κ1) is 17.1. The van der Waals surface area contributed by atoms with E-state index in [1.807, 2.05) is 32.0 Å². The molecule has 0 aliphatic carbocycles. The number of hydrogen-bond donors (Lipinski definition) is 2. The highest BCUT2D eigenvalue weighted by Crippen LogP contribution is 2.22. The van der Waals surface area contributed by atoms with Gasteiger partial charge in [-0.15, -0.1) is 0 Å². The zero-order valence-corrected chi connectivity index (χ0v) is 13.9. The van der Waals surface area contributed by atoms with Crippen LogP contribution in [-0.2, 0) is 13.1 Å². The first-order valence-electron chi connectivity index (χ1n) is 7.85. The number of hydrogen-bond acceptors (Lipinski definition) is 4. The molecular weight excluding hydrogens is 292 g/mol. The van der Waals surface area contributed by atoms with Gasteiger partial charge in [-0.3, -0.25) is 4.79 Å². The molecule has 1 aromatic heterocycles. The number of amides is 1. The minimum absolute atomic E-state index is 0.132. The molecule has 5 nitrogen and oxygen atoms in total. The Kier molecular flexibility index (Phi) is 5.82. The van der Waals surface area contributed by atoms with E-state index < -0.39 is 0 Å². The summed E-state index contributed by atoms with van der Waals surface area (Å²) >= 11 is 0. The topological polar surface area (TPSA) is 77.5 Å². The largest absolute Gasteiger partial charge is 0.490 e. The second kappa shape index (κ2) is 7.83. The van der Waals surface area contributed by atoms with Gasteiger partial charge in [0.15, 0.2) is 0 Å². The van der Waals surface area contributed by atoms with E-state index in [4.69, 9.17) is 14.9 Å². The van der Waals surface area contributed by atoms with Crippen molar-refractivity contribution in [1.82, 2.24) is 5.32 Å². The molecule has 124 valence electrons. The van der Waals surface area contributed by atoms with Gasteiger partial charge in [0.25, 0.3) is 5.91 Å². The van der Waals surface area contributed by atoms with Crippen LogP contribution in [0.15, 0.2) is 34.9 Å². The number of ether oxygens (including phenoxy) is 1. The summed E-state index contributed by atoms with van der Waals surface area (Å²) in [5.74, 6) is 1.21. The molecule has 0 spiro atoms. The predicted octanol–water partition coefficient (Wildman–Crippen LogP) is 3.15. The van der Waals surface area contributed by atoms with Crippen molar-refractivity contribution in [2.45, 2.75) is 46.4 Å². The van der Waals surface area contributed by atoms with Gasteiger partial charge in [-0.25, -0.2) is 0 Å². The van der Waals surface area contributed by atoms with Gasteiger partial charge in [0.1, 0.15) is 17.8 Å². The molecule has 1 aromatic carbocycles. The fourth-order valence-electron chi connectivity index (χ4n) is 2.10. The molecule has 2 rings (SSSR count). The van der Waals surface area contributed by atoms with Gasteiger partial charge in [0.05, 0.1) is 18.2 Å². The zero-order valence-electron chi connectivity index (χ0n) is 13.9. The van der Waals surface area contributed by atoms with Gasteiger partial charge >= 0.3 is 0 Å². The summed E-state index contributed by atoms with van der Waals surface area (Å²) in [5.41, 5.74) is 8.03. The maximum absolute atomic E-state index is 12.2. The summed E-state index contributed by atoms with van der Waals surface area (Å²) in [6.45, 7) is 6.80. The molecule has 0 radical (unpaired) electrons. The minimum atomic E-state index is -0.191. The number of nitrogens with two attached hydrogens (primary N) is 1. The third-order valence-corrected chi connectivity index (χ3v) is 3.68. The summed E-state index contributed by atoms with van der Waals surface area (Å²) in [4.78, 5) is 12.2. The van der Waals surface area contributed by atoms with E-state index in [0.717, 1.165) is 23.3 Å². The van der Waals surface area contributed by atoms with Crippen molar-refractivity contribution < 1.29 is 13.9 Å². The Balaban J connectivity index is 2.05. The van der Waals surface area contributed by atoms with Crippen molar-refractivity contribution in [2.24, 2.45) is 5.73 Å². The molecule has 1 atom stereocenters. The monoisotopic (exact) mass is 316 g/mol. The third kappa shape index (κ3) is 4.60. The Morgan fingerprint density at radius 3 is 2.83 bits per heavy atom. The number of nitrogens with one attached hydrogen (secondary N) is 1. The summed E-state index contributed by atoms with van der Waals surface area (Å²) in [5, 5.41) is 2.88. The highest BCUT2D eigenvalue weighted by molar-refractivity contribution is 5.93. The van der Waals surface area contributed by atoms with Crippen LogP contribution >= 0.6 is 0 Å². The van der Waals surface area contributed by atoms with E-state index in [1.54, 1.807) is 6.07 Å². The maximum Gasteiger partial charge on any atom is 0.254 e. The van der Waals surface area contributed by atoms with E-state index in [9.17, 15) is 4.79 Å². The van der Waals surface area contributed by atoms with Crippen LogP contribution in [0.2, 0.25) is 0 Å². The molecule has 0 aliphatic rings. The number of furan rings is 1. The smallest absolute Gasteiger partial charge is 0.254 e. The van der Waals surface area contributed by atoms with Crippen LogP contribution in [0, 0.1) is 6.92 Å². The second-order valence-electron chi connectivity index (χ2n) is 5.64. The van der Waals surface area contributed by atoms with Gasteiger partial charge in [-0.1, -0.05) is 19.1 Å². The molecule has 0 aliphatic heterocycles. The van der Waals surface area contributed by atoms with Crippen LogP contribution in [0.4, 0.5) is 0 Å². The van der Waals surface area contributed by atoms with E-state index in [1.165, 1.54) is 6.26 Å². The fourth-order valence-corrected chi connectivity index (χ4v) is 2.10. The van der Waals surface area contributed by atoms with Crippen molar-refractivity contribution in [1.29, 1.82) is 0 Å². The van der Waals surface area contributed by atoms with Gasteiger partial charge in [-0.2, -0.15) is 0 Å². The van der Waals surface area contributed by atoms with Crippen LogP contribution in [0.5, 0.6) is 5.75 Å². The number of rotatable bonds is 7. The van der Waals surface area contributed by atoms with Crippen molar-refractivity contribution in [3.63, 3.8) is 0 Å². The van der Waals surface area contributed by atoms with Crippen molar-refractivity contribution in [3.8, 4) is 5.75 Å². The third-order valence-electron chi connectivity index (χ3n) is 3.68. The molecule has 5 heteroatoms. The van der Waals surface area contributed by atoms with Crippen LogP contribution in [0.3, 0.4) is 0 Å². The minimum Gasteiger partial charge on any atom is -0.490 e. The van der Waals surface area contributed by atoms with Gasteiger partial charge in [0, 0.05) is 12.1 Å². The quantitative estimate of drug-likeness (QED) is 0.822. The Hall–Kier alpha value is -2.27. The lowest BCUT2D eigenvalue weighted by Crippen LogP contribution is -2.23. The Morgan fingerprint density at radius 2 is 2.17 bits per heavy atom. The summed E-state index contributed by atoms with van der Waals surface area (Å²) in [7, 11) is 0.